The molecular weight excluding hydrogens is 584 g/mol. The minimum absolute atomic E-state index is 0.0263. The van der Waals surface area contributed by atoms with Gasteiger partial charge in [-0.05, 0) is 79.9 Å². The highest BCUT2D eigenvalue weighted by Crippen LogP contribution is 2.23. The average Bonchev–Trinajstić information content (AvgIpc) is 2.87. The van der Waals surface area contributed by atoms with E-state index in [0.29, 0.717) is 29.9 Å². The van der Waals surface area contributed by atoms with Crippen LogP contribution in [0.15, 0.2) is 39.5 Å². The second-order valence-corrected chi connectivity index (χ2v) is 12.6. The van der Waals surface area contributed by atoms with E-state index in [-0.39, 0.29) is 17.4 Å². The van der Waals surface area contributed by atoms with Gasteiger partial charge < -0.3 is 29.4 Å². The Morgan fingerprint density at radius 3 is 1.88 bits per heavy atom. The van der Waals surface area contributed by atoms with E-state index >= 15 is 0 Å². The highest BCUT2D eigenvalue weighted by molar-refractivity contribution is 7.94. The maximum absolute atomic E-state index is 12.9. The Labute approximate surface area is 256 Å². The average molecular weight is 635 g/mol. The molecule has 0 aliphatic rings. The van der Waals surface area contributed by atoms with Crippen LogP contribution in [0.3, 0.4) is 0 Å². The predicted octanol–water partition coefficient (Wildman–Crippen LogP) is 3.64. The number of allylic oxidation sites excluding steroid dienone is 3. The molecule has 15 heteroatoms. The Morgan fingerprint density at radius 1 is 0.953 bits per heavy atom. The van der Waals surface area contributed by atoms with Crippen molar-refractivity contribution in [2.24, 2.45) is 4.99 Å². The van der Waals surface area contributed by atoms with Crippen LogP contribution in [0.5, 0.6) is 0 Å². The molecule has 0 aliphatic heterocycles. The van der Waals surface area contributed by atoms with Crippen molar-refractivity contribution in [1.82, 2.24) is 15.4 Å². The number of methoxy groups -OCH3 is 2. The van der Waals surface area contributed by atoms with Crippen LogP contribution < -0.4 is 15.4 Å². The predicted molar refractivity (Wildman–Crippen MR) is 165 cm³/mol. The van der Waals surface area contributed by atoms with E-state index in [4.69, 9.17) is 19.3 Å². The van der Waals surface area contributed by atoms with E-state index in [2.05, 4.69) is 31.7 Å². The van der Waals surface area contributed by atoms with Crippen molar-refractivity contribution in [2.75, 3.05) is 27.3 Å². The second kappa shape index (κ2) is 18.8. The van der Waals surface area contributed by atoms with E-state index < -0.39 is 45.5 Å². The molecule has 0 saturated carbocycles. The Morgan fingerprint density at radius 2 is 1.47 bits per heavy atom. The van der Waals surface area contributed by atoms with E-state index in [9.17, 15) is 22.8 Å². The number of guanidine groups is 1. The highest BCUT2D eigenvalue weighted by Gasteiger charge is 2.25. The third-order valence-electron chi connectivity index (χ3n) is 4.80. The van der Waals surface area contributed by atoms with E-state index in [1.807, 2.05) is 6.92 Å². The fourth-order valence-corrected chi connectivity index (χ4v) is 4.08. The lowest BCUT2D eigenvalue weighted by Gasteiger charge is -2.21. The van der Waals surface area contributed by atoms with Gasteiger partial charge in [0.25, 0.3) is 10.0 Å². The van der Waals surface area contributed by atoms with Gasteiger partial charge in [-0.25, -0.2) is 27.5 Å². The molecule has 0 aromatic carbocycles. The smallest absolute Gasteiger partial charge is 0.414 e. The van der Waals surface area contributed by atoms with Gasteiger partial charge in [0.05, 0.1) is 25.7 Å². The summed E-state index contributed by atoms with van der Waals surface area (Å²) in [4.78, 5) is 38.0. The number of hydrogen-bond acceptors (Lipinski definition) is 11. The molecule has 0 heterocycles. The summed E-state index contributed by atoms with van der Waals surface area (Å²) in [6.07, 6.45) is -0.741. The molecule has 0 saturated heterocycles. The number of alkyl carbamates (subject to hydrolysis) is 2. The number of aliphatic hydroxyl groups is 1. The maximum atomic E-state index is 12.9. The van der Waals surface area contributed by atoms with Crippen LogP contribution in [-0.2, 0) is 33.8 Å². The minimum atomic E-state index is -4.02. The van der Waals surface area contributed by atoms with Gasteiger partial charge in [0.2, 0.25) is 5.96 Å². The lowest BCUT2D eigenvalue weighted by atomic mass is 10.1. The standard InChI is InChI=1S/C19H33N3O5S.C9H17NO5/c1-10-12-20-17(21-18(23)27-19(6,7)8)22-28(24,25)16(11-2)14(4)13(3)15(5)26-9;1-9(2,3)15-8(13)10-5-6(11)7(12)14-4/h11H,5,10,12H2,1-4,6-9H3,(H2,20,21,22,23);6,11H,5H2,1-4H3,(H,10,13)/b14-13-,16-11-;. The number of hydrogen-bond donors (Lipinski definition) is 4. The van der Waals surface area contributed by atoms with E-state index in [1.165, 1.54) is 13.2 Å². The third-order valence-corrected chi connectivity index (χ3v) is 6.39. The summed E-state index contributed by atoms with van der Waals surface area (Å²) in [5, 5.41) is 13.7. The van der Waals surface area contributed by atoms with Gasteiger partial charge in [-0.1, -0.05) is 19.6 Å². The molecule has 0 aromatic heterocycles. The zero-order valence-electron chi connectivity index (χ0n) is 27.5. The Kier molecular flexibility index (Phi) is 18.2. The van der Waals surface area contributed by atoms with Gasteiger partial charge in [-0.2, -0.15) is 0 Å². The summed E-state index contributed by atoms with van der Waals surface area (Å²) in [6.45, 7) is 20.9. The topological polar surface area (TPSA) is 191 Å². The first-order valence-corrected chi connectivity index (χ1v) is 14.9. The van der Waals surface area contributed by atoms with Crippen molar-refractivity contribution in [3.05, 3.63) is 34.5 Å². The van der Waals surface area contributed by atoms with Crippen LogP contribution in [-0.4, -0.2) is 82.3 Å². The molecule has 0 rings (SSSR count). The molecule has 248 valence electrons. The molecule has 0 spiro atoms. The zero-order valence-corrected chi connectivity index (χ0v) is 28.3. The number of aliphatic imine (C=N–C) groups is 1. The fourth-order valence-electron chi connectivity index (χ4n) is 2.74. The van der Waals surface area contributed by atoms with Gasteiger partial charge in [-0.15, -0.1) is 0 Å². The monoisotopic (exact) mass is 634 g/mol. The van der Waals surface area contributed by atoms with E-state index in [0.717, 1.165) is 7.11 Å². The highest BCUT2D eigenvalue weighted by atomic mass is 32.2. The summed E-state index contributed by atoms with van der Waals surface area (Å²) in [6, 6.07) is 0. The van der Waals surface area contributed by atoms with Crippen molar-refractivity contribution in [3.8, 4) is 0 Å². The lowest BCUT2D eigenvalue weighted by molar-refractivity contribution is -0.149. The van der Waals surface area contributed by atoms with Gasteiger partial charge in [0, 0.05) is 6.54 Å². The number of amides is 2. The summed E-state index contributed by atoms with van der Waals surface area (Å²) >= 11 is 0. The van der Waals surface area contributed by atoms with Crippen LogP contribution in [0.4, 0.5) is 9.59 Å². The number of rotatable bonds is 10. The number of nitrogens with one attached hydrogen (secondary N) is 3. The summed E-state index contributed by atoms with van der Waals surface area (Å²) in [5.41, 5.74) is -0.285. The number of nitrogens with zero attached hydrogens (tertiary/aromatic N) is 1. The number of esters is 1. The SMILES string of the molecule is C=C(OC)/C(C)=C(C)\C(=C\C)S(=O)(=O)NC(=NCCC)NC(=O)OC(C)(C)C.COC(=O)C(O)CNC(=O)OC(C)(C)C. The van der Waals surface area contributed by atoms with Gasteiger partial charge in [-0.3, -0.25) is 10.3 Å². The van der Waals surface area contributed by atoms with Crippen molar-refractivity contribution in [1.29, 1.82) is 0 Å². The van der Waals surface area contributed by atoms with Gasteiger partial charge in [0.1, 0.15) is 17.0 Å². The Balaban J connectivity index is 0. The third kappa shape index (κ3) is 18.5. The van der Waals surface area contributed by atoms with Crippen LogP contribution in [0.1, 0.15) is 75.7 Å². The van der Waals surface area contributed by atoms with Crippen molar-refractivity contribution in [3.63, 3.8) is 0 Å². The minimum Gasteiger partial charge on any atom is -0.497 e. The van der Waals surface area contributed by atoms with E-state index in [1.54, 1.807) is 62.3 Å². The molecule has 0 bridgehead atoms. The number of sulfonamides is 1. The van der Waals surface area contributed by atoms with Crippen molar-refractivity contribution < 1.29 is 46.9 Å². The Bertz CT molecular complexity index is 1160. The summed E-state index contributed by atoms with van der Waals surface area (Å²) in [5.74, 6) is -0.642. The summed E-state index contributed by atoms with van der Waals surface area (Å²) < 4.78 is 47.5. The number of ether oxygens (including phenoxy) is 4. The quantitative estimate of drug-likeness (QED) is 0.0689. The first-order chi connectivity index (χ1) is 19.5. The molecule has 2 amide bonds. The number of aliphatic hydroxyl groups excluding tert-OH is 1. The van der Waals surface area contributed by atoms with Crippen LogP contribution in [0, 0.1) is 0 Å². The number of carbonyl (C=O) groups is 3. The molecule has 14 nitrogen and oxygen atoms in total. The van der Waals surface area contributed by atoms with Crippen LogP contribution >= 0.6 is 0 Å². The molecule has 0 aliphatic carbocycles. The molecule has 0 fully saturated rings. The molecule has 1 atom stereocenters. The first-order valence-electron chi connectivity index (χ1n) is 13.4. The second-order valence-electron chi connectivity index (χ2n) is 10.9. The molecule has 1 unspecified atom stereocenters. The van der Waals surface area contributed by atoms with Crippen molar-refractivity contribution in [2.45, 2.75) is 93.0 Å². The molecule has 0 aromatic rings. The largest absolute Gasteiger partial charge is 0.497 e. The van der Waals surface area contributed by atoms with Gasteiger partial charge in [0.15, 0.2) is 6.10 Å². The van der Waals surface area contributed by atoms with Crippen LogP contribution in [0.2, 0.25) is 0 Å². The lowest BCUT2D eigenvalue weighted by Crippen LogP contribution is -2.46. The molecule has 43 heavy (non-hydrogen) atoms. The van der Waals surface area contributed by atoms with Gasteiger partial charge >= 0.3 is 18.2 Å². The molecule has 0 radical (unpaired) electrons. The molecule has 4 N–H and O–H groups in total. The summed E-state index contributed by atoms with van der Waals surface area (Å²) in [7, 11) is -1.41. The molecular formula is C28H50N4O10S. The Hall–Kier alpha value is -3.59. The van der Waals surface area contributed by atoms with Crippen molar-refractivity contribution >= 4 is 34.1 Å². The fraction of sp³-hybridized carbons (Fsp3) is 0.643. The maximum Gasteiger partial charge on any atom is 0.414 e. The van der Waals surface area contributed by atoms with Crippen LogP contribution in [0.25, 0.3) is 0 Å². The zero-order chi connectivity index (χ0) is 34.2. The number of carbonyl (C=O) groups excluding carboxylic acids is 3. The first kappa shape index (κ1) is 41.5. The normalized spacial score (nSPS) is 13.7.